The van der Waals surface area contributed by atoms with Gasteiger partial charge in [-0.15, -0.1) is 0 Å². The van der Waals surface area contributed by atoms with Gasteiger partial charge < -0.3 is 15.4 Å². The van der Waals surface area contributed by atoms with Gasteiger partial charge in [0.25, 0.3) is 0 Å². The molecular formula is C16H28N2O3. The Bertz CT molecular complexity index is 374. The lowest BCUT2D eigenvalue weighted by molar-refractivity contribution is -0.146. The van der Waals surface area contributed by atoms with Gasteiger partial charge >= 0.3 is 5.97 Å². The summed E-state index contributed by atoms with van der Waals surface area (Å²) in [6, 6.07) is 0.545. The predicted octanol–water partition coefficient (Wildman–Crippen LogP) is 1.92. The second-order valence-electron chi connectivity index (χ2n) is 5.92. The fourth-order valence-electron chi connectivity index (χ4n) is 2.27. The van der Waals surface area contributed by atoms with Gasteiger partial charge in [-0.1, -0.05) is 13.5 Å². The molecule has 0 aromatic rings. The fraction of sp³-hybridized carbons (Fsp3) is 0.750. The van der Waals surface area contributed by atoms with Gasteiger partial charge in [-0.3, -0.25) is 4.79 Å². The van der Waals surface area contributed by atoms with Gasteiger partial charge in [0.05, 0.1) is 6.54 Å². The molecule has 0 aromatic heterocycles. The molecule has 0 bridgehead atoms. The zero-order valence-electron chi connectivity index (χ0n) is 13.4. The number of carbonyl (C=O) groups is 2. The third-order valence-electron chi connectivity index (χ3n) is 3.88. The molecule has 0 aromatic carbocycles. The Morgan fingerprint density at radius 1 is 1.29 bits per heavy atom. The van der Waals surface area contributed by atoms with Gasteiger partial charge in [-0.2, -0.15) is 0 Å². The van der Waals surface area contributed by atoms with E-state index in [4.69, 9.17) is 4.74 Å². The van der Waals surface area contributed by atoms with Gasteiger partial charge in [0, 0.05) is 17.7 Å². The number of esters is 1. The number of hydrogen-bond donors (Lipinski definition) is 2. The summed E-state index contributed by atoms with van der Waals surface area (Å²) >= 11 is 0. The number of nitrogens with one attached hydrogen (secondary N) is 2. The molecule has 1 fully saturated rings. The molecule has 5 nitrogen and oxygen atoms in total. The fourth-order valence-corrected chi connectivity index (χ4v) is 2.27. The molecule has 2 N–H and O–H groups in total. The highest BCUT2D eigenvalue weighted by Crippen LogP contribution is 2.21. The van der Waals surface area contributed by atoms with E-state index in [1.165, 1.54) is 0 Å². The topological polar surface area (TPSA) is 67.4 Å². The van der Waals surface area contributed by atoms with Gasteiger partial charge in [-0.25, -0.2) is 4.79 Å². The molecular weight excluding hydrogens is 268 g/mol. The Kier molecular flexibility index (Phi) is 7.43. The van der Waals surface area contributed by atoms with E-state index in [9.17, 15) is 9.59 Å². The van der Waals surface area contributed by atoms with Crippen molar-refractivity contribution >= 4 is 11.9 Å². The Balaban J connectivity index is 2.22. The zero-order chi connectivity index (χ0) is 15.8. The summed E-state index contributed by atoms with van der Waals surface area (Å²) in [5, 5.41) is 6.21. The zero-order valence-corrected chi connectivity index (χ0v) is 13.4. The maximum atomic E-state index is 11.8. The van der Waals surface area contributed by atoms with Crippen LogP contribution in [-0.2, 0) is 14.3 Å². The van der Waals surface area contributed by atoms with Crippen molar-refractivity contribution in [1.29, 1.82) is 0 Å². The van der Waals surface area contributed by atoms with Crippen molar-refractivity contribution in [1.82, 2.24) is 10.6 Å². The Morgan fingerprint density at radius 2 is 1.90 bits per heavy atom. The molecule has 120 valence electrons. The van der Waals surface area contributed by atoms with E-state index in [0.717, 1.165) is 32.1 Å². The molecule has 0 saturated heterocycles. The highest BCUT2D eigenvalue weighted by Gasteiger charge is 2.24. The van der Waals surface area contributed by atoms with Crippen LogP contribution in [0.25, 0.3) is 0 Å². The van der Waals surface area contributed by atoms with Crippen molar-refractivity contribution in [2.24, 2.45) is 0 Å². The number of ether oxygens (including phenoxy) is 1. The van der Waals surface area contributed by atoms with E-state index in [1.807, 2.05) is 0 Å². The highest BCUT2D eigenvalue weighted by atomic mass is 16.5. The lowest BCUT2D eigenvalue weighted by Gasteiger charge is -2.29. The quantitative estimate of drug-likeness (QED) is 0.556. The SMILES string of the molecule is C=C(C)C(=O)OC1CCC(NC(=O)CNC(C)CC)CC1. The molecule has 21 heavy (non-hydrogen) atoms. The predicted molar refractivity (Wildman–Crippen MR) is 82.8 cm³/mol. The molecule has 1 unspecified atom stereocenters. The first-order chi connectivity index (χ1) is 9.92. The van der Waals surface area contributed by atoms with Crippen molar-refractivity contribution < 1.29 is 14.3 Å². The maximum Gasteiger partial charge on any atom is 0.333 e. The van der Waals surface area contributed by atoms with E-state index in [0.29, 0.717) is 18.2 Å². The monoisotopic (exact) mass is 296 g/mol. The van der Waals surface area contributed by atoms with Crippen molar-refractivity contribution in [2.45, 2.75) is 71.1 Å². The highest BCUT2D eigenvalue weighted by molar-refractivity contribution is 5.87. The minimum absolute atomic E-state index is 0.0395. The van der Waals surface area contributed by atoms with E-state index in [2.05, 4.69) is 31.1 Å². The third-order valence-corrected chi connectivity index (χ3v) is 3.88. The van der Waals surface area contributed by atoms with E-state index in [-0.39, 0.29) is 24.0 Å². The number of amides is 1. The van der Waals surface area contributed by atoms with Crippen molar-refractivity contribution in [3.05, 3.63) is 12.2 Å². The summed E-state index contributed by atoms with van der Waals surface area (Å²) in [4.78, 5) is 23.3. The Labute approximate surface area is 127 Å². The van der Waals surface area contributed by atoms with Crippen molar-refractivity contribution in [2.75, 3.05) is 6.54 Å². The van der Waals surface area contributed by atoms with Crippen molar-refractivity contribution in [3.8, 4) is 0 Å². The Hall–Kier alpha value is -1.36. The molecule has 0 radical (unpaired) electrons. The lowest BCUT2D eigenvalue weighted by Crippen LogP contribution is -2.44. The van der Waals surface area contributed by atoms with Crippen LogP contribution in [0.2, 0.25) is 0 Å². The summed E-state index contributed by atoms with van der Waals surface area (Å²) < 4.78 is 5.34. The molecule has 0 heterocycles. The standard InChI is InChI=1S/C16H28N2O3/c1-5-12(4)17-10-15(19)18-13-6-8-14(9-7-13)21-16(20)11(2)3/h12-14,17H,2,5-10H2,1,3-4H3,(H,18,19). The van der Waals surface area contributed by atoms with E-state index >= 15 is 0 Å². The molecule has 1 atom stereocenters. The molecule has 0 aliphatic heterocycles. The van der Waals surface area contributed by atoms with Crippen LogP contribution >= 0.6 is 0 Å². The number of carbonyl (C=O) groups excluding carboxylic acids is 2. The van der Waals surface area contributed by atoms with Crippen LogP contribution in [0.15, 0.2) is 12.2 Å². The largest absolute Gasteiger partial charge is 0.459 e. The molecule has 1 aliphatic carbocycles. The molecule has 5 heteroatoms. The third kappa shape index (κ3) is 6.76. The minimum atomic E-state index is -0.319. The summed E-state index contributed by atoms with van der Waals surface area (Å²) in [6.45, 7) is 9.74. The first-order valence-corrected chi connectivity index (χ1v) is 7.81. The van der Waals surface area contributed by atoms with Crippen LogP contribution < -0.4 is 10.6 Å². The maximum absolute atomic E-state index is 11.8. The second kappa shape index (κ2) is 8.82. The molecule has 1 aliphatic rings. The van der Waals surface area contributed by atoms with Crippen LogP contribution in [0.4, 0.5) is 0 Å². The van der Waals surface area contributed by atoms with E-state index in [1.54, 1.807) is 6.92 Å². The average molecular weight is 296 g/mol. The first-order valence-electron chi connectivity index (χ1n) is 7.81. The van der Waals surface area contributed by atoms with Crippen LogP contribution in [0.5, 0.6) is 0 Å². The molecule has 1 rings (SSSR count). The lowest BCUT2D eigenvalue weighted by atomic mass is 9.93. The van der Waals surface area contributed by atoms with Crippen LogP contribution in [0.3, 0.4) is 0 Å². The van der Waals surface area contributed by atoms with Crippen molar-refractivity contribution in [3.63, 3.8) is 0 Å². The summed E-state index contributed by atoms with van der Waals surface area (Å²) in [7, 11) is 0. The summed E-state index contributed by atoms with van der Waals surface area (Å²) in [5.74, 6) is -0.280. The Morgan fingerprint density at radius 3 is 2.43 bits per heavy atom. The summed E-state index contributed by atoms with van der Waals surface area (Å²) in [6.07, 6.45) is 4.25. The molecule has 0 spiro atoms. The smallest absolute Gasteiger partial charge is 0.333 e. The van der Waals surface area contributed by atoms with Crippen LogP contribution in [0, 0.1) is 0 Å². The normalized spacial score (nSPS) is 23.2. The van der Waals surface area contributed by atoms with Gasteiger partial charge in [-0.05, 0) is 46.0 Å². The first kappa shape index (κ1) is 17.7. The average Bonchev–Trinajstić information content (AvgIpc) is 2.46. The molecule has 1 amide bonds. The van der Waals surface area contributed by atoms with Gasteiger partial charge in [0.15, 0.2) is 0 Å². The summed E-state index contributed by atoms with van der Waals surface area (Å²) in [5.41, 5.74) is 0.432. The van der Waals surface area contributed by atoms with Gasteiger partial charge in [0.2, 0.25) is 5.91 Å². The van der Waals surface area contributed by atoms with Gasteiger partial charge in [0.1, 0.15) is 6.10 Å². The minimum Gasteiger partial charge on any atom is -0.459 e. The van der Waals surface area contributed by atoms with Crippen LogP contribution in [0.1, 0.15) is 52.9 Å². The number of rotatable bonds is 7. The second-order valence-corrected chi connectivity index (χ2v) is 5.92. The van der Waals surface area contributed by atoms with E-state index < -0.39 is 0 Å². The molecule has 1 saturated carbocycles. The number of hydrogen-bond acceptors (Lipinski definition) is 4. The van der Waals surface area contributed by atoms with Crippen LogP contribution in [-0.4, -0.2) is 36.6 Å².